The lowest BCUT2D eigenvalue weighted by Gasteiger charge is -1.97. The van der Waals surface area contributed by atoms with E-state index in [1.165, 1.54) is 10.5 Å². The molecule has 2 aromatic rings. The Morgan fingerprint density at radius 3 is 3.00 bits per heavy atom. The van der Waals surface area contributed by atoms with E-state index in [4.69, 9.17) is 0 Å². The maximum atomic E-state index is 4.04. The molecule has 1 aromatic heterocycles. The summed E-state index contributed by atoms with van der Waals surface area (Å²) in [5, 5.41) is 7.41. The van der Waals surface area contributed by atoms with Gasteiger partial charge in [0.25, 0.3) is 0 Å². The summed E-state index contributed by atoms with van der Waals surface area (Å²) in [6, 6.07) is 8.27. The minimum Gasteiger partial charge on any atom is -0.265 e. The third-order valence-corrected chi connectivity index (χ3v) is 2.46. The molecule has 13 heavy (non-hydrogen) atoms. The number of rotatable bonds is 2. The Bertz CT molecular complexity index is 384. The molecule has 4 heteroatoms. The van der Waals surface area contributed by atoms with Gasteiger partial charge >= 0.3 is 0 Å². The van der Waals surface area contributed by atoms with Crippen LogP contribution in [0, 0.1) is 6.92 Å². The van der Waals surface area contributed by atoms with Gasteiger partial charge in [-0.25, -0.2) is 4.98 Å². The van der Waals surface area contributed by atoms with Crippen LogP contribution >= 0.6 is 11.8 Å². The third kappa shape index (κ3) is 2.09. The van der Waals surface area contributed by atoms with Crippen molar-refractivity contribution in [3.8, 4) is 0 Å². The molecule has 0 aliphatic heterocycles. The number of hydrogen-bond acceptors (Lipinski definition) is 3. The molecular weight excluding hydrogens is 182 g/mol. The number of H-pyrrole nitrogens is 1. The van der Waals surface area contributed by atoms with Crippen molar-refractivity contribution in [1.29, 1.82) is 0 Å². The topological polar surface area (TPSA) is 41.6 Å². The number of nitrogens with one attached hydrogen (secondary N) is 1. The highest BCUT2D eigenvalue weighted by molar-refractivity contribution is 7.99. The van der Waals surface area contributed by atoms with Crippen LogP contribution in [-0.4, -0.2) is 15.2 Å². The molecule has 3 nitrogen and oxygen atoms in total. The molecule has 0 bridgehead atoms. The van der Waals surface area contributed by atoms with Gasteiger partial charge in [0.05, 0.1) is 0 Å². The monoisotopic (exact) mass is 191 g/mol. The zero-order chi connectivity index (χ0) is 9.10. The average Bonchev–Trinajstić information content (AvgIpc) is 2.57. The highest BCUT2D eigenvalue weighted by Gasteiger charge is 1.99. The van der Waals surface area contributed by atoms with E-state index >= 15 is 0 Å². The second kappa shape index (κ2) is 3.62. The van der Waals surface area contributed by atoms with Crippen LogP contribution in [0.5, 0.6) is 0 Å². The van der Waals surface area contributed by atoms with Gasteiger partial charge in [-0.1, -0.05) is 17.7 Å². The Morgan fingerprint density at radius 2 is 2.31 bits per heavy atom. The van der Waals surface area contributed by atoms with E-state index in [1.807, 2.05) is 12.1 Å². The van der Waals surface area contributed by atoms with Crippen molar-refractivity contribution in [2.45, 2.75) is 17.0 Å². The summed E-state index contributed by atoms with van der Waals surface area (Å²) in [5.41, 5.74) is 1.25. The smallest absolute Gasteiger partial charge is 0.212 e. The highest BCUT2D eigenvalue weighted by Crippen LogP contribution is 2.23. The van der Waals surface area contributed by atoms with E-state index in [2.05, 4.69) is 34.2 Å². The molecule has 0 saturated heterocycles. The molecule has 2 rings (SSSR count). The molecule has 0 amide bonds. The van der Waals surface area contributed by atoms with Crippen LogP contribution in [0.1, 0.15) is 5.56 Å². The van der Waals surface area contributed by atoms with Crippen LogP contribution in [0.3, 0.4) is 0 Å². The Kier molecular flexibility index (Phi) is 2.31. The summed E-state index contributed by atoms with van der Waals surface area (Å²) in [4.78, 5) is 5.20. The maximum absolute atomic E-state index is 4.04. The Hall–Kier alpha value is -1.29. The van der Waals surface area contributed by atoms with E-state index in [1.54, 1.807) is 18.1 Å². The Labute approximate surface area is 80.6 Å². The molecule has 0 aliphatic carbocycles. The van der Waals surface area contributed by atoms with Crippen molar-refractivity contribution in [2.75, 3.05) is 0 Å². The number of aryl methyl sites for hydroxylation is 1. The number of nitrogens with zero attached hydrogens (tertiary/aromatic N) is 2. The fraction of sp³-hybridized carbons (Fsp3) is 0.111. The van der Waals surface area contributed by atoms with Crippen LogP contribution in [0.4, 0.5) is 0 Å². The van der Waals surface area contributed by atoms with Crippen LogP contribution in [0.25, 0.3) is 0 Å². The molecular formula is C9H9N3S. The van der Waals surface area contributed by atoms with E-state index in [0.29, 0.717) is 0 Å². The zero-order valence-corrected chi connectivity index (χ0v) is 8.01. The fourth-order valence-electron chi connectivity index (χ4n) is 1.03. The van der Waals surface area contributed by atoms with Gasteiger partial charge in [0.2, 0.25) is 5.16 Å². The van der Waals surface area contributed by atoms with Crippen LogP contribution < -0.4 is 0 Å². The summed E-state index contributed by atoms with van der Waals surface area (Å²) in [5.74, 6) is 0. The number of benzene rings is 1. The first-order valence-electron chi connectivity index (χ1n) is 3.95. The van der Waals surface area contributed by atoms with E-state index < -0.39 is 0 Å². The number of aromatic amines is 1. The number of aromatic nitrogens is 3. The van der Waals surface area contributed by atoms with Gasteiger partial charge in [-0.2, -0.15) is 0 Å². The lowest BCUT2D eigenvalue weighted by Crippen LogP contribution is -1.77. The lowest BCUT2D eigenvalue weighted by atomic mass is 10.2. The average molecular weight is 191 g/mol. The van der Waals surface area contributed by atoms with Gasteiger partial charge in [-0.05, 0) is 30.8 Å². The first kappa shape index (κ1) is 8.31. The predicted molar refractivity (Wildman–Crippen MR) is 51.7 cm³/mol. The van der Waals surface area contributed by atoms with Crippen molar-refractivity contribution in [3.05, 3.63) is 36.2 Å². The summed E-state index contributed by atoms with van der Waals surface area (Å²) in [6.07, 6.45) is 1.58. The standard InChI is InChI=1S/C9H9N3S/c1-7-3-2-4-8(5-7)13-9-10-6-11-12-9/h2-6H,1H3,(H,10,11,12). The molecule has 0 aliphatic rings. The minimum absolute atomic E-state index is 0.755. The third-order valence-electron chi connectivity index (χ3n) is 1.59. The molecule has 1 N–H and O–H groups in total. The SMILES string of the molecule is Cc1cccc(Sc2nc[nH]n2)c1. The van der Waals surface area contributed by atoms with Crippen LogP contribution in [-0.2, 0) is 0 Å². The minimum atomic E-state index is 0.755. The van der Waals surface area contributed by atoms with Gasteiger partial charge in [-0.15, -0.1) is 5.10 Å². The van der Waals surface area contributed by atoms with Gasteiger partial charge in [-0.3, -0.25) is 5.10 Å². The molecule has 1 heterocycles. The van der Waals surface area contributed by atoms with E-state index in [-0.39, 0.29) is 0 Å². The molecule has 0 radical (unpaired) electrons. The van der Waals surface area contributed by atoms with Crippen molar-refractivity contribution in [2.24, 2.45) is 0 Å². The Morgan fingerprint density at radius 1 is 1.38 bits per heavy atom. The zero-order valence-electron chi connectivity index (χ0n) is 7.19. The second-order valence-corrected chi connectivity index (χ2v) is 3.74. The molecule has 66 valence electrons. The van der Waals surface area contributed by atoms with Crippen molar-refractivity contribution in [3.63, 3.8) is 0 Å². The fourth-order valence-corrected chi connectivity index (χ4v) is 1.84. The van der Waals surface area contributed by atoms with Crippen LogP contribution in [0.15, 0.2) is 40.6 Å². The molecule has 0 fully saturated rings. The normalized spacial score (nSPS) is 10.2. The number of hydrogen-bond donors (Lipinski definition) is 1. The predicted octanol–water partition coefficient (Wildman–Crippen LogP) is 2.26. The quantitative estimate of drug-likeness (QED) is 0.791. The van der Waals surface area contributed by atoms with Gasteiger partial charge in [0.1, 0.15) is 6.33 Å². The molecule has 0 saturated carbocycles. The largest absolute Gasteiger partial charge is 0.265 e. The Balaban J connectivity index is 2.19. The van der Waals surface area contributed by atoms with Crippen molar-refractivity contribution < 1.29 is 0 Å². The van der Waals surface area contributed by atoms with Gasteiger partial charge in [0.15, 0.2) is 0 Å². The van der Waals surface area contributed by atoms with E-state index in [0.717, 1.165) is 5.16 Å². The molecule has 0 spiro atoms. The summed E-state index contributed by atoms with van der Waals surface area (Å²) in [7, 11) is 0. The van der Waals surface area contributed by atoms with Gasteiger partial charge < -0.3 is 0 Å². The summed E-state index contributed by atoms with van der Waals surface area (Å²) < 4.78 is 0. The van der Waals surface area contributed by atoms with E-state index in [9.17, 15) is 0 Å². The molecule has 0 atom stereocenters. The first-order chi connectivity index (χ1) is 6.34. The lowest BCUT2D eigenvalue weighted by molar-refractivity contribution is 0.973. The van der Waals surface area contributed by atoms with Crippen LogP contribution in [0.2, 0.25) is 0 Å². The summed E-state index contributed by atoms with van der Waals surface area (Å²) >= 11 is 1.55. The maximum Gasteiger partial charge on any atom is 0.212 e. The van der Waals surface area contributed by atoms with Crippen molar-refractivity contribution in [1.82, 2.24) is 15.2 Å². The first-order valence-corrected chi connectivity index (χ1v) is 4.76. The van der Waals surface area contributed by atoms with Crippen molar-refractivity contribution >= 4 is 11.8 Å². The summed E-state index contributed by atoms with van der Waals surface area (Å²) in [6.45, 7) is 2.07. The van der Waals surface area contributed by atoms with Gasteiger partial charge in [0, 0.05) is 4.90 Å². The molecule has 1 aromatic carbocycles. The second-order valence-electron chi connectivity index (χ2n) is 2.70. The molecule has 0 unspecified atom stereocenters. The highest BCUT2D eigenvalue weighted by atomic mass is 32.2.